The van der Waals surface area contributed by atoms with Gasteiger partial charge in [-0.25, -0.2) is 4.79 Å². The van der Waals surface area contributed by atoms with Gasteiger partial charge < -0.3 is 14.2 Å². The Morgan fingerprint density at radius 1 is 1.14 bits per heavy atom. The second-order valence-corrected chi connectivity index (χ2v) is 4.65. The lowest BCUT2D eigenvalue weighted by Gasteiger charge is -2.21. The van der Waals surface area contributed by atoms with Gasteiger partial charge in [0.1, 0.15) is 0 Å². The lowest BCUT2D eigenvalue weighted by molar-refractivity contribution is 0.0600. The molecule has 0 fully saturated rings. The van der Waals surface area contributed by atoms with Crippen LogP contribution >= 0.6 is 0 Å². The summed E-state index contributed by atoms with van der Waals surface area (Å²) in [5.74, 6) is -0.370. The van der Waals surface area contributed by atoms with Crippen LogP contribution in [0.5, 0.6) is 0 Å². The van der Waals surface area contributed by atoms with Crippen molar-refractivity contribution >= 4 is 5.97 Å². The topological polar surface area (TPSA) is 60.9 Å². The van der Waals surface area contributed by atoms with Crippen LogP contribution in [-0.4, -0.2) is 63.5 Å². The van der Waals surface area contributed by atoms with Crippen LogP contribution in [0, 0.1) is 0 Å². The van der Waals surface area contributed by atoms with Gasteiger partial charge in [-0.15, -0.1) is 0 Å². The van der Waals surface area contributed by atoms with Gasteiger partial charge in [0, 0.05) is 46.7 Å². The van der Waals surface area contributed by atoms with Crippen LogP contribution in [0.15, 0.2) is 18.3 Å². The second kappa shape index (κ2) is 10.3. The molecule has 0 spiro atoms. The molecule has 0 radical (unpaired) electrons. The van der Waals surface area contributed by atoms with E-state index in [1.54, 1.807) is 26.5 Å². The van der Waals surface area contributed by atoms with Crippen molar-refractivity contribution in [2.24, 2.45) is 0 Å². The van der Waals surface area contributed by atoms with Gasteiger partial charge >= 0.3 is 5.97 Å². The highest BCUT2D eigenvalue weighted by atomic mass is 16.5. The Balaban J connectivity index is 2.57. The molecule has 1 aromatic heterocycles. The molecule has 0 aromatic carbocycles. The van der Waals surface area contributed by atoms with E-state index in [1.165, 1.54) is 7.11 Å². The maximum atomic E-state index is 11.4. The van der Waals surface area contributed by atoms with Gasteiger partial charge in [0.25, 0.3) is 0 Å². The number of nitrogens with zero attached hydrogens (tertiary/aromatic N) is 2. The Bertz CT molecular complexity index is 409. The molecule has 21 heavy (non-hydrogen) atoms. The van der Waals surface area contributed by atoms with Gasteiger partial charge in [0.2, 0.25) is 0 Å². The first-order valence-corrected chi connectivity index (χ1v) is 6.94. The standard InChI is InChI=1S/C15H24N2O4/c1-19-9-4-7-17(8-10-20-2)12-14-6-5-13(11-16-14)15(18)21-3/h5-6,11H,4,7-10,12H2,1-3H3. The van der Waals surface area contributed by atoms with Crippen LogP contribution < -0.4 is 0 Å². The molecule has 1 heterocycles. The molecule has 6 nitrogen and oxygen atoms in total. The minimum Gasteiger partial charge on any atom is -0.465 e. The molecular formula is C15H24N2O4. The molecule has 0 saturated carbocycles. The molecule has 0 N–H and O–H groups in total. The lowest BCUT2D eigenvalue weighted by Crippen LogP contribution is -2.29. The third-order valence-corrected chi connectivity index (χ3v) is 3.07. The minimum atomic E-state index is -0.370. The zero-order valence-corrected chi connectivity index (χ0v) is 13.0. The third-order valence-electron chi connectivity index (χ3n) is 3.07. The zero-order chi connectivity index (χ0) is 15.5. The predicted molar refractivity (Wildman–Crippen MR) is 79.2 cm³/mol. The molecule has 6 heteroatoms. The number of hydrogen-bond donors (Lipinski definition) is 0. The molecule has 0 amide bonds. The molecule has 118 valence electrons. The van der Waals surface area contributed by atoms with Gasteiger partial charge in [-0.1, -0.05) is 0 Å². The fourth-order valence-corrected chi connectivity index (χ4v) is 1.91. The lowest BCUT2D eigenvalue weighted by atomic mass is 10.2. The maximum Gasteiger partial charge on any atom is 0.339 e. The van der Waals surface area contributed by atoms with Crippen molar-refractivity contribution < 1.29 is 19.0 Å². The van der Waals surface area contributed by atoms with Crippen molar-refractivity contribution in [1.29, 1.82) is 0 Å². The Morgan fingerprint density at radius 3 is 2.48 bits per heavy atom. The Labute approximate surface area is 126 Å². The first-order valence-electron chi connectivity index (χ1n) is 6.94. The SMILES string of the molecule is COCCCN(CCOC)Cc1ccc(C(=O)OC)cn1. The molecule has 0 aliphatic rings. The normalized spacial score (nSPS) is 10.9. The number of aromatic nitrogens is 1. The summed E-state index contributed by atoms with van der Waals surface area (Å²) < 4.78 is 14.9. The number of hydrogen-bond acceptors (Lipinski definition) is 6. The molecular weight excluding hydrogens is 272 g/mol. The number of pyridine rings is 1. The quantitative estimate of drug-likeness (QED) is 0.480. The smallest absolute Gasteiger partial charge is 0.339 e. The van der Waals surface area contributed by atoms with E-state index in [2.05, 4.69) is 14.6 Å². The van der Waals surface area contributed by atoms with Crippen LogP contribution in [0.2, 0.25) is 0 Å². The summed E-state index contributed by atoms with van der Waals surface area (Å²) in [6.07, 6.45) is 2.51. The maximum absolute atomic E-state index is 11.4. The number of rotatable bonds is 10. The van der Waals surface area contributed by atoms with E-state index in [-0.39, 0.29) is 5.97 Å². The molecule has 0 bridgehead atoms. The number of carbonyl (C=O) groups excluding carboxylic acids is 1. The molecule has 0 saturated heterocycles. The average Bonchev–Trinajstić information content (AvgIpc) is 2.52. The summed E-state index contributed by atoms with van der Waals surface area (Å²) in [5.41, 5.74) is 1.38. The molecule has 1 rings (SSSR count). The van der Waals surface area contributed by atoms with E-state index in [4.69, 9.17) is 9.47 Å². The second-order valence-electron chi connectivity index (χ2n) is 4.65. The highest BCUT2D eigenvalue weighted by Crippen LogP contribution is 2.06. The fraction of sp³-hybridized carbons (Fsp3) is 0.600. The van der Waals surface area contributed by atoms with Crippen LogP contribution in [0.4, 0.5) is 0 Å². The Kier molecular flexibility index (Phi) is 8.57. The van der Waals surface area contributed by atoms with Crippen molar-refractivity contribution in [1.82, 2.24) is 9.88 Å². The van der Waals surface area contributed by atoms with Gasteiger partial charge in [-0.3, -0.25) is 9.88 Å². The van der Waals surface area contributed by atoms with Crippen molar-refractivity contribution in [3.63, 3.8) is 0 Å². The Hall–Kier alpha value is -1.50. The molecule has 1 aromatic rings. The first kappa shape index (κ1) is 17.6. The predicted octanol–water partition coefficient (Wildman–Crippen LogP) is 1.35. The van der Waals surface area contributed by atoms with Crippen LogP contribution in [0.1, 0.15) is 22.5 Å². The van der Waals surface area contributed by atoms with Gasteiger partial charge in [0.15, 0.2) is 0 Å². The van der Waals surface area contributed by atoms with E-state index in [9.17, 15) is 4.79 Å². The average molecular weight is 296 g/mol. The minimum absolute atomic E-state index is 0.370. The van der Waals surface area contributed by atoms with Crippen molar-refractivity contribution in [2.45, 2.75) is 13.0 Å². The van der Waals surface area contributed by atoms with Crippen LogP contribution in [0.25, 0.3) is 0 Å². The number of esters is 1. The number of ether oxygens (including phenoxy) is 3. The van der Waals surface area contributed by atoms with Crippen LogP contribution in [0.3, 0.4) is 0 Å². The Morgan fingerprint density at radius 2 is 1.90 bits per heavy atom. The molecule has 0 unspecified atom stereocenters. The van der Waals surface area contributed by atoms with E-state index in [0.29, 0.717) is 18.7 Å². The van der Waals surface area contributed by atoms with Crippen molar-refractivity contribution in [3.8, 4) is 0 Å². The van der Waals surface area contributed by atoms with E-state index in [1.807, 2.05) is 6.07 Å². The van der Waals surface area contributed by atoms with Gasteiger partial charge in [0.05, 0.1) is 25.0 Å². The zero-order valence-electron chi connectivity index (χ0n) is 13.0. The molecule has 0 atom stereocenters. The van der Waals surface area contributed by atoms with Crippen molar-refractivity contribution in [3.05, 3.63) is 29.6 Å². The highest BCUT2D eigenvalue weighted by molar-refractivity contribution is 5.88. The summed E-state index contributed by atoms with van der Waals surface area (Å²) in [6, 6.07) is 3.58. The summed E-state index contributed by atoms with van der Waals surface area (Å²) in [5, 5.41) is 0. The summed E-state index contributed by atoms with van der Waals surface area (Å²) in [6.45, 7) is 3.87. The van der Waals surface area contributed by atoms with E-state index >= 15 is 0 Å². The van der Waals surface area contributed by atoms with Crippen molar-refractivity contribution in [2.75, 3.05) is 47.6 Å². The van der Waals surface area contributed by atoms with Gasteiger partial charge in [-0.05, 0) is 18.6 Å². The molecule has 0 aliphatic carbocycles. The first-order chi connectivity index (χ1) is 10.2. The number of carbonyl (C=O) groups is 1. The van der Waals surface area contributed by atoms with E-state index in [0.717, 1.165) is 31.8 Å². The number of methoxy groups -OCH3 is 3. The largest absolute Gasteiger partial charge is 0.465 e. The summed E-state index contributed by atoms with van der Waals surface area (Å²) in [4.78, 5) is 17.9. The molecule has 0 aliphatic heterocycles. The monoisotopic (exact) mass is 296 g/mol. The van der Waals surface area contributed by atoms with Gasteiger partial charge in [-0.2, -0.15) is 0 Å². The summed E-state index contributed by atoms with van der Waals surface area (Å²) in [7, 11) is 4.75. The highest BCUT2D eigenvalue weighted by Gasteiger charge is 2.09. The van der Waals surface area contributed by atoms with E-state index < -0.39 is 0 Å². The third kappa shape index (κ3) is 6.66. The fourth-order valence-electron chi connectivity index (χ4n) is 1.91. The van der Waals surface area contributed by atoms with Crippen LogP contribution in [-0.2, 0) is 20.8 Å². The summed E-state index contributed by atoms with van der Waals surface area (Å²) >= 11 is 0.